The molecule has 3 aromatic rings. The largest absolute Gasteiger partial charge is 0.504 e. The van der Waals surface area contributed by atoms with Gasteiger partial charge in [0.1, 0.15) is 44.2 Å². The van der Waals surface area contributed by atoms with Crippen LogP contribution in [0.5, 0.6) is 34.5 Å². The molecule has 2 heterocycles. The van der Waals surface area contributed by atoms with Gasteiger partial charge in [-0.15, -0.1) is 0 Å². The second kappa shape index (κ2) is 24.7. The molecule has 0 aliphatic carbocycles. The second-order valence-electron chi connectivity index (χ2n) is 15.4. The van der Waals surface area contributed by atoms with Crippen LogP contribution in [0.2, 0.25) is 0 Å². The van der Waals surface area contributed by atoms with Crippen LogP contribution in [-0.2, 0) is 71.4 Å². The van der Waals surface area contributed by atoms with Crippen molar-refractivity contribution in [3.63, 3.8) is 0 Å². The van der Waals surface area contributed by atoms with Gasteiger partial charge in [-0.1, -0.05) is 18.2 Å². The van der Waals surface area contributed by atoms with Gasteiger partial charge < -0.3 is 82.4 Å². The number of aromatic hydroxyl groups is 3. The van der Waals surface area contributed by atoms with E-state index < -0.39 is 110 Å². The average molecular weight is 997 g/mol. The molecule has 5 rings (SSSR count). The predicted molar refractivity (Wildman–Crippen MR) is 240 cm³/mol. The van der Waals surface area contributed by atoms with Gasteiger partial charge in [0, 0.05) is 39.0 Å². The lowest BCUT2D eigenvalue weighted by Gasteiger charge is -2.45. The molecular weight excluding hydrogens is 945 g/mol. The molecule has 9 atom stereocenters. The van der Waals surface area contributed by atoms with Crippen molar-refractivity contribution in [2.45, 2.75) is 75.6 Å². The molecule has 5 N–H and O–H groups in total. The SMILES string of the molecule is COc1cc(/C=C/C(=O)OC[C@H]2O[C@@](COC(=O)/C=C/c3ccc(O)c(OC)c3)(O[C@@H]3O[C@@H](COC(C)=O)[C@H](OC(C)=O)[C@@H](O)[C@@H]3OC(C)=O)[C@@H](OC(=O)/C=C/c3ccc(O)c(OC)c3)[C@H]2O)ccc1O. The molecule has 0 bridgehead atoms. The number of phenolic OH excluding ortho intramolecular Hbond substituents is 3. The monoisotopic (exact) mass is 996 g/mol. The molecule has 0 aromatic heterocycles. The Balaban J connectivity index is 1.56. The fraction of sp³-hybridized carbons (Fsp3) is 0.375. The van der Waals surface area contributed by atoms with E-state index in [1.54, 1.807) is 0 Å². The quantitative estimate of drug-likeness (QED) is 0.0616. The molecule has 0 unspecified atom stereocenters. The Morgan fingerprint density at radius 1 is 0.563 bits per heavy atom. The van der Waals surface area contributed by atoms with Gasteiger partial charge in [-0.05, 0) is 71.3 Å². The van der Waals surface area contributed by atoms with Crippen LogP contribution in [0.25, 0.3) is 18.2 Å². The Bertz CT molecular complexity index is 2500. The molecule has 3 aromatic carbocycles. The van der Waals surface area contributed by atoms with Crippen molar-refractivity contribution in [3.05, 3.63) is 89.5 Å². The Hall–Kier alpha value is -7.70. The Kier molecular flexibility index (Phi) is 18.9. The summed E-state index contributed by atoms with van der Waals surface area (Å²) in [5.41, 5.74) is 1.09. The number of phenols is 3. The van der Waals surface area contributed by atoms with Crippen LogP contribution in [0.4, 0.5) is 0 Å². The van der Waals surface area contributed by atoms with Gasteiger partial charge in [0.15, 0.2) is 52.8 Å². The minimum absolute atomic E-state index is 0.0583. The summed E-state index contributed by atoms with van der Waals surface area (Å²) >= 11 is 0. The molecule has 71 heavy (non-hydrogen) atoms. The van der Waals surface area contributed by atoms with Gasteiger partial charge in [0.2, 0.25) is 12.1 Å². The first-order chi connectivity index (χ1) is 33.8. The van der Waals surface area contributed by atoms with Crippen LogP contribution in [0.1, 0.15) is 37.5 Å². The molecule has 2 aliphatic heterocycles. The summed E-state index contributed by atoms with van der Waals surface area (Å²) in [6, 6.07) is 12.5. The molecule has 0 amide bonds. The molecule has 382 valence electrons. The van der Waals surface area contributed by atoms with Gasteiger partial charge in [0.25, 0.3) is 0 Å². The predicted octanol–water partition coefficient (Wildman–Crippen LogP) is 2.25. The number of rotatable bonds is 20. The Morgan fingerprint density at radius 2 is 1.01 bits per heavy atom. The molecule has 0 spiro atoms. The Labute approximate surface area is 405 Å². The zero-order valence-corrected chi connectivity index (χ0v) is 39.0. The standard InChI is InChI=1S/C48H52O23/c1-25(49)63-23-38-44(66-26(2)50)43(59)45(67-27(3)51)47(68-38)71-48(24-65-40(56)17-11-29-8-14-32(53)35(20-29)61-5)46(69-41(57)18-12-30-9-15-33(54)36(21-30)62-6)42(58)37(70-48)22-64-39(55)16-10-28-7-13-31(52)34(19-28)60-4/h7-21,37-38,42-47,52-54,58-59H,22-24H2,1-6H3/b16-10+,17-11+,18-12+/t37-,38+,42+,43-,44+,45+,46+,47+,48+/m1/s1. The van der Waals surface area contributed by atoms with Crippen molar-refractivity contribution in [1.29, 1.82) is 0 Å². The molecule has 0 saturated carbocycles. The molecular formula is C48H52O23. The normalized spacial score (nSPS) is 24.0. The molecule has 2 aliphatic rings. The van der Waals surface area contributed by atoms with E-state index in [4.69, 9.17) is 56.8 Å². The Morgan fingerprint density at radius 3 is 1.48 bits per heavy atom. The molecule has 0 radical (unpaired) electrons. The highest BCUT2D eigenvalue weighted by Crippen LogP contribution is 2.40. The number of methoxy groups -OCH3 is 3. The second-order valence-corrected chi connectivity index (χ2v) is 15.4. The highest BCUT2D eigenvalue weighted by molar-refractivity contribution is 5.88. The zero-order chi connectivity index (χ0) is 52.0. The van der Waals surface area contributed by atoms with Crippen LogP contribution in [0.15, 0.2) is 72.8 Å². The van der Waals surface area contributed by atoms with Crippen molar-refractivity contribution in [1.82, 2.24) is 0 Å². The van der Waals surface area contributed by atoms with E-state index in [-0.39, 0.29) is 34.5 Å². The number of benzene rings is 3. The lowest BCUT2D eigenvalue weighted by atomic mass is 9.98. The molecule has 2 saturated heterocycles. The topological polar surface area (TPSA) is 314 Å². The van der Waals surface area contributed by atoms with Gasteiger partial charge in [0.05, 0.1) is 21.3 Å². The number of hydrogen-bond donors (Lipinski definition) is 5. The number of hydrogen-bond acceptors (Lipinski definition) is 23. The third kappa shape index (κ3) is 14.7. The summed E-state index contributed by atoms with van der Waals surface area (Å²) in [7, 11) is 3.94. The van der Waals surface area contributed by atoms with Crippen LogP contribution in [0.3, 0.4) is 0 Å². The van der Waals surface area contributed by atoms with Crippen LogP contribution in [-0.4, -0.2) is 157 Å². The summed E-state index contributed by atoms with van der Waals surface area (Å²) in [6.45, 7) is 0.383. The van der Waals surface area contributed by atoms with Crippen LogP contribution >= 0.6 is 0 Å². The summed E-state index contributed by atoms with van der Waals surface area (Å²) in [5, 5.41) is 53.6. The number of esters is 6. The van der Waals surface area contributed by atoms with Gasteiger partial charge in [-0.2, -0.15) is 0 Å². The first kappa shape index (κ1) is 54.2. The lowest BCUT2D eigenvalue weighted by molar-refractivity contribution is -0.384. The van der Waals surface area contributed by atoms with E-state index in [9.17, 15) is 54.3 Å². The first-order valence-electron chi connectivity index (χ1n) is 21.3. The summed E-state index contributed by atoms with van der Waals surface area (Å²) in [4.78, 5) is 77.0. The first-order valence-corrected chi connectivity index (χ1v) is 21.3. The fourth-order valence-electron chi connectivity index (χ4n) is 7.04. The summed E-state index contributed by atoms with van der Waals surface area (Å²) in [5.74, 6) is -9.16. The van der Waals surface area contributed by atoms with E-state index in [1.807, 2.05) is 0 Å². The molecule has 2 fully saturated rings. The van der Waals surface area contributed by atoms with Gasteiger partial charge in [-0.3, -0.25) is 14.4 Å². The van der Waals surface area contributed by atoms with Crippen molar-refractivity contribution >= 4 is 54.0 Å². The highest BCUT2D eigenvalue weighted by Gasteiger charge is 2.63. The maximum atomic E-state index is 13.7. The van der Waals surface area contributed by atoms with Gasteiger partial charge in [-0.25, -0.2) is 14.4 Å². The van der Waals surface area contributed by atoms with Crippen molar-refractivity contribution < 1.29 is 111 Å². The number of aliphatic hydroxyl groups is 2. The van der Waals surface area contributed by atoms with Crippen molar-refractivity contribution in [3.8, 4) is 34.5 Å². The van der Waals surface area contributed by atoms with E-state index in [0.29, 0.717) is 16.7 Å². The third-order valence-corrected chi connectivity index (χ3v) is 10.4. The van der Waals surface area contributed by atoms with E-state index >= 15 is 0 Å². The van der Waals surface area contributed by atoms with Crippen molar-refractivity contribution in [2.24, 2.45) is 0 Å². The maximum Gasteiger partial charge on any atom is 0.331 e. The third-order valence-electron chi connectivity index (χ3n) is 10.4. The lowest BCUT2D eigenvalue weighted by Crippen LogP contribution is -2.65. The molecule has 23 heteroatoms. The smallest absolute Gasteiger partial charge is 0.331 e. The number of aliphatic hydroxyl groups excluding tert-OH is 2. The fourth-order valence-corrected chi connectivity index (χ4v) is 7.04. The summed E-state index contributed by atoms with van der Waals surface area (Å²) < 4.78 is 66.5. The average Bonchev–Trinajstić information content (AvgIpc) is 3.58. The zero-order valence-electron chi connectivity index (χ0n) is 39.0. The number of ether oxygens (including phenoxy) is 12. The van der Waals surface area contributed by atoms with E-state index in [2.05, 4.69) is 0 Å². The minimum Gasteiger partial charge on any atom is -0.504 e. The van der Waals surface area contributed by atoms with Crippen LogP contribution < -0.4 is 14.2 Å². The van der Waals surface area contributed by atoms with Crippen LogP contribution in [0, 0.1) is 0 Å². The van der Waals surface area contributed by atoms with Gasteiger partial charge >= 0.3 is 35.8 Å². The van der Waals surface area contributed by atoms with E-state index in [1.165, 1.54) is 94.2 Å². The van der Waals surface area contributed by atoms with Crippen molar-refractivity contribution in [2.75, 3.05) is 41.2 Å². The molecule has 23 nitrogen and oxygen atoms in total. The summed E-state index contributed by atoms with van der Waals surface area (Å²) in [6.07, 6.45) is -8.48. The van der Waals surface area contributed by atoms with E-state index in [0.717, 1.165) is 39.0 Å². The maximum absolute atomic E-state index is 13.7. The number of carbonyl (C=O) groups is 6. The number of carbonyl (C=O) groups excluding carboxylic acids is 6. The minimum atomic E-state index is -2.77. The highest BCUT2D eigenvalue weighted by atomic mass is 16.8.